The fourth-order valence-electron chi connectivity index (χ4n) is 2.66. The topological polar surface area (TPSA) is 93.5 Å². The Kier molecular flexibility index (Phi) is 3.57. The smallest absolute Gasteiger partial charge is 0.167 e. The third-order valence-corrected chi connectivity index (χ3v) is 4.00. The Hall–Kier alpha value is -3.42. The number of ether oxygens (including phenoxy) is 1. The molecule has 1 aromatic carbocycles. The molecule has 4 aromatic rings. The normalized spacial score (nSPS) is 11.0. The molecule has 0 bridgehead atoms. The maximum atomic E-state index is 5.28. The van der Waals surface area contributed by atoms with E-state index in [1.165, 1.54) is 0 Å². The minimum Gasteiger partial charge on any atom is -0.497 e. The lowest BCUT2D eigenvalue weighted by atomic mass is 10.2. The first-order valence-electron chi connectivity index (χ1n) is 7.77. The number of aromatic nitrogens is 6. The number of nitrogens with one attached hydrogen (secondary N) is 2. The molecule has 0 radical (unpaired) electrons. The summed E-state index contributed by atoms with van der Waals surface area (Å²) in [7, 11) is 3.50. The van der Waals surface area contributed by atoms with Gasteiger partial charge in [-0.15, -0.1) is 0 Å². The van der Waals surface area contributed by atoms with Crippen LogP contribution in [0.25, 0.3) is 22.4 Å². The van der Waals surface area contributed by atoms with Gasteiger partial charge in [-0.3, -0.25) is 9.78 Å². The number of anilines is 2. The van der Waals surface area contributed by atoms with Crippen LogP contribution in [0.4, 0.5) is 11.5 Å². The molecule has 8 nitrogen and oxygen atoms in total. The van der Waals surface area contributed by atoms with Gasteiger partial charge in [0.1, 0.15) is 11.6 Å². The number of aryl methyl sites for hydroxylation is 2. The third-order valence-electron chi connectivity index (χ3n) is 4.00. The van der Waals surface area contributed by atoms with Crippen molar-refractivity contribution in [2.75, 3.05) is 12.4 Å². The Bertz CT molecular complexity index is 1050. The lowest BCUT2D eigenvalue weighted by Crippen LogP contribution is -2.01. The molecule has 0 aliphatic heterocycles. The third kappa shape index (κ3) is 2.67. The summed E-state index contributed by atoms with van der Waals surface area (Å²) in [6.45, 7) is 1.91. The SMILES string of the molecule is COc1cccc(Nc2nc(-c3c[nH]nc3C)nc3c2cnn3C)c1. The monoisotopic (exact) mass is 335 g/mol. The van der Waals surface area contributed by atoms with Crippen molar-refractivity contribution >= 4 is 22.5 Å². The van der Waals surface area contributed by atoms with Crippen LogP contribution in [0.15, 0.2) is 36.7 Å². The van der Waals surface area contributed by atoms with E-state index in [4.69, 9.17) is 9.72 Å². The van der Waals surface area contributed by atoms with E-state index >= 15 is 0 Å². The van der Waals surface area contributed by atoms with E-state index in [-0.39, 0.29) is 0 Å². The van der Waals surface area contributed by atoms with E-state index in [0.29, 0.717) is 11.6 Å². The average Bonchev–Trinajstić information content (AvgIpc) is 3.21. The maximum absolute atomic E-state index is 5.28. The molecule has 0 spiro atoms. The van der Waals surface area contributed by atoms with Crippen LogP contribution in [0, 0.1) is 6.92 Å². The van der Waals surface area contributed by atoms with Gasteiger partial charge in [0, 0.05) is 25.0 Å². The van der Waals surface area contributed by atoms with E-state index in [1.54, 1.807) is 24.2 Å². The first-order chi connectivity index (χ1) is 12.2. The number of nitrogens with zero attached hydrogens (tertiary/aromatic N) is 5. The van der Waals surface area contributed by atoms with Crippen molar-refractivity contribution in [1.29, 1.82) is 0 Å². The maximum Gasteiger partial charge on any atom is 0.167 e. The van der Waals surface area contributed by atoms with Gasteiger partial charge in [0.05, 0.1) is 30.0 Å². The number of aromatic amines is 1. The van der Waals surface area contributed by atoms with Gasteiger partial charge < -0.3 is 10.1 Å². The molecule has 0 aliphatic carbocycles. The Morgan fingerprint density at radius 3 is 2.88 bits per heavy atom. The van der Waals surface area contributed by atoms with E-state index in [2.05, 4.69) is 25.6 Å². The second-order valence-corrected chi connectivity index (χ2v) is 5.64. The Labute approximate surface area is 143 Å². The van der Waals surface area contributed by atoms with Gasteiger partial charge in [0.2, 0.25) is 0 Å². The van der Waals surface area contributed by atoms with Gasteiger partial charge in [-0.2, -0.15) is 10.2 Å². The molecule has 0 fully saturated rings. The molecule has 0 saturated heterocycles. The standard InChI is InChI=1S/C17H17N7O/c1-10-13(8-18-23-10)15-21-16(14-9-19-24(2)17(14)22-15)20-11-5-4-6-12(7-11)25-3/h4-9H,1-3H3,(H,18,23)(H,20,21,22). The summed E-state index contributed by atoms with van der Waals surface area (Å²) in [5.74, 6) is 2.04. The van der Waals surface area contributed by atoms with Crippen molar-refractivity contribution in [2.24, 2.45) is 7.05 Å². The number of hydrogen-bond acceptors (Lipinski definition) is 6. The van der Waals surface area contributed by atoms with Crippen molar-refractivity contribution in [1.82, 2.24) is 29.9 Å². The average molecular weight is 335 g/mol. The summed E-state index contributed by atoms with van der Waals surface area (Å²) < 4.78 is 7.01. The highest BCUT2D eigenvalue weighted by Crippen LogP contribution is 2.28. The number of H-pyrrole nitrogens is 1. The second-order valence-electron chi connectivity index (χ2n) is 5.64. The van der Waals surface area contributed by atoms with Crippen LogP contribution in [0.2, 0.25) is 0 Å². The lowest BCUT2D eigenvalue weighted by molar-refractivity contribution is 0.415. The number of methoxy groups -OCH3 is 1. The van der Waals surface area contributed by atoms with Gasteiger partial charge in [-0.25, -0.2) is 9.97 Å². The predicted molar refractivity (Wildman–Crippen MR) is 94.9 cm³/mol. The van der Waals surface area contributed by atoms with Gasteiger partial charge in [-0.1, -0.05) is 6.07 Å². The van der Waals surface area contributed by atoms with Crippen molar-refractivity contribution in [3.8, 4) is 17.1 Å². The molecule has 0 atom stereocenters. The van der Waals surface area contributed by atoms with E-state index in [0.717, 1.165) is 33.7 Å². The molecule has 3 aromatic heterocycles. The summed E-state index contributed by atoms with van der Waals surface area (Å²) in [6, 6.07) is 7.68. The molecule has 2 N–H and O–H groups in total. The Balaban J connectivity index is 1.85. The fourth-order valence-corrected chi connectivity index (χ4v) is 2.66. The van der Waals surface area contributed by atoms with Gasteiger partial charge >= 0.3 is 0 Å². The number of rotatable bonds is 4. The zero-order chi connectivity index (χ0) is 17.4. The largest absolute Gasteiger partial charge is 0.497 e. The van der Waals surface area contributed by atoms with Crippen molar-refractivity contribution < 1.29 is 4.74 Å². The minimum atomic E-state index is 0.591. The molecule has 0 saturated carbocycles. The molecule has 0 unspecified atom stereocenters. The van der Waals surface area contributed by atoms with E-state index in [9.17, 15) is 0 Å². The summed E-state index contributed by atoms with van der Waals surface area (Å²) in [5.41, 5.74) is 3.32. The molecule has 0 aliphatic rings. The highest BCUT2D eigenvalue weighted by molar-refractivity contribution is 5.90. The van der Waals surface area contributed by atoms with E-state index in [1.807, 2.05) is 38.2 Å². The number of hydrogen-bond donors (Lipinski definition) is 2. The van der Waals surface area contributed by atoms with Crippen molar-refractivity contribution in [3.63, 3.8) is 0 Å². The Morgan fingerprint density at radius 1 is 1.24 bits per heavy atom. The van der Waals surface area contributed by atoms with Crippen LogP contribution in [0.1, 0.15) is 5.69 Å². The molecule has 3 heterocycles. The molecule has 8 heteroatoms. The molecule has 126 valence electrons. The summed E-state index contributed by atoms with van der Waals surface area (Å²) in [4.78, 5) is 9.33. The van der Waals surface area contributed by atoms with Gasteiger partial charge in [0.15, 0.2) is 11.5 Å². The Morgan fingerprint density at radius 2 is 2.12 bits per heavy atom. The molecular formula is C17H17N7O. The number of benzene rings is 1. The summed E-state index contributed by atoms with van der Waals surface area (Å²) >= 11 is 0. The van der Waals surface area contributed by atoms with Crippen LogP contribution < -0.4 is 10.1 Å². The molecule has 25 heavy (non-hydrogen) atoms. The highest BCUT2D eigenvalue weighted by atomic mass is 16.5. The van der Waals surface area contributed by atoms with E-state index < -0.39 is 0 Å². The highest BCUT2D eigenvalue weighted by Gasteiger charge is 2.15. The van der Waals surface area contributed by atoms with Gasteiger partial charge in [0.25, 0.3) is 0 Å². The van der Waals surface area contributed by atoms with Crippen molar-refractivity contribution in [3.05, 3.63) is 42.4 Å². The quantitative estimate of drug-likeness (QED) is 0.596. The van der Waals surface area contributed by atoms with Crippen LogP contribution in [-0.2, 0) is 7.05 Å². The fraction of sp³-hybridized carbons (Fsp3) is 0.176. The van der Waals surface area contributed by atoms with Crippen LogP contribution >= 0.6 is 0 Å². The zero-order valence-corrected chi connectivity index (χ0v) is 14.1. The predicted octanol–water partition coefficient (Wildman–Crippen LogP) is 2.81. The summed E-state index contributed by atoms with van der Waals surface area (Å²) in [6.07, 6.45) is 3.55. The first-order valence-corrected chi connectivity index (χ1v) is 7.77. The van der Waals surface area contributed by atoms with Crippen LogP contribution in [-0.4, -0.2) is 37.1 Å². The molecule has 4 rings (SSSR count). The summed E-state index contributed by atoms with van der Waals surface area (Å²) in [5, 5.41) is 15.5. The van der Waals surface area contributed by atoms with Crippen LogP contribution in [0.5, 0.6) is 5.75 Å². The van der Waals surface area contributed by atoms with Gasteiger partial charge in [-0.05, 0) is 19.1 Å². The van der Waals surface area contributed by atoms with Crippen molar-refractivity contribution in [2.45, 2.75) is 6.92 Å². The molecular weight excluding hydrogens is 318 g/mol. The second kappa shape index (κ2) is 5.90. The molecule has 0 amide bonds. The lowest BCUT2D eigenvalue weighted by Gasteiger charge is -2.10. The minimum absolute atomic E-state index is 0.591. The van der Waals surface area contributed by atoms with Crippen LogP contribution in [0.3, 0.4) is 0 Å². The first kappa shape index (κ1) is 15.1. The zero-order valence-electron chi connectivity index (χ0n) is 14.1. The number of fused-ring (bicyclic) bond motifs is 1.